The van der Waals surface area contributed by atoms with Crippen molar-refractivity contribution >= 4 is 40.9 Å². The van der Waals surface area contributed by atoms with Gasteiger partial charge in [0, 0.05) is 35.2 Å². The van der Waals surface area contributed by atoms with Crippen molar-refractivity contribution in [2.24, 2.45) is 0 Å². The van der Waals surface area contributed by atoms with Gasteiger partial charge in [-0.05, 0) is 42.3 Å². The SMILES string of the molecule is CC(c1ccc(Cl)cc1Cl)N(C)C(=O)CSCc1ccncc1. The predicted molar refractivity (Wildman–Crippen MR) is 98.0 cm³/mol. The molecule has 1 heterocycles. The summed E-state index contributed by atoms with van der Waals surface area (Å²) >= 11 is 13.7. The normalized spacial score (nSPS) is 12.0. The van der Waals surface area contributed by atoms with Gasteiger partial charge in [0.05, 0.1) is 11.8 Å². The molecule has 0 fully saturated rings. The number of rotatable bonds is 6. The molecule has 1 amide bonds. The highest BCUT2D eigenvalue weighted by molar-refractivity contribution is 7.99. The Labute approximate surface area is 151 Å². The van der Waals surface area contributed by atoms with Crippen LogP contribution in [0.15, 0.2) is 42.7 Å². The van der Waals surface area contributed by atoms with E-state index in [1.807, 2.05) is 25.1 Å². The highest BCUT2D eigenvalue weighted by Gasteiger charge is 2.19. The summed E-state index contributed by atoms with van der Waals surface area (Å²) in [6.07, 6.45) is 3.52. The highest BCUT2D eigenvalue weighted by Crippen LogP contribution is 2.29. The third kappa shape index (κ3) is 5.13. The quantitative estimate of drug-likeness (QED) is 0.730. The van der Waals surface area contributed by atoms with E-state index in [1.165, 1.54) is 0 Å². The molecule has 1 atom stereocenters. The molecule has 2 aromatic rings. The third-order valence-corrected chi connectivity index (χ3v) is 5.18. The van der Waals surface area contributed by atoms with E-state index in [0.717, 1.165) is 16.9 Å². The molecule has 0 aliphatic heterocycles. The number of thioether (sulfide) groups is 1. The molecular formula is C17H18Cl2N2OS. The number of halogens is 2. The topological polar surface area (TPSA) is 33.2 Å². The van der Waals surface area contributed by atoms with Gasteiger partial charge in [-0.1, -0.05) is 29.3 Å². The van der Waals surface area contributed by atoms with Crippen LogP contribution in [0.2, 0.25) is 10.0 Å². The van der Waals surface area contributed by atoms with Gasteiger partial charge in [-0.15, -0.1) is 11.8 Å². The van der Waals surface area contributed by atoms with Crippen molar-refractivity contribution in [2.45, 2.75) is 18.7 Å². The predicted octanol–water partition coefficient (Wildman–Crippen LogP) is 4.84. The summed E-state index contributed by atoms with van der Waals surface area (Å²) < 4.78 is 0. The third-order valence-electron chi connectivity index (χ3n) is 3.63. The molecule has 122 valence electrons. The summed E-state index contributed by atoms with van der Waals surface area (Å²) in [5, 5.41) is 1.17. The monoisotopic (exact) mass is 368 g/mol. The Morgan fingerprint density at radius 2 is 1.96 bits per heavy atom. The molecule has 0 saturated heterocycles. The highest BCUT2D eigenvalue weighted by atomic mass is 35.5. The van der Waals surface area contributed by atoms with Crippen LogP contribution in [0.4, 0.5) is 0 Å². The Hall–Kier alpha value is -1.23. The lowest BCUT2D eigenvalue weighted by Crippen LogP contribution is -2.31. The summed E-state index contributed by atoms with van der Waals surface area (Å²) in [6, 6.07) is 9.16. The summed E-state index contributed by atoms with van der Waals surface area (Å²) in [5.41, 5.74) is 2.06. The largest absolute Gasteiger partial charge is 0.338 e. The van der Waals surface area contributed by atoms with Crippen molar-refractivity contribution in [1.29, 1.82) is 0 Å². The Balaban J connectivity index is 1.91. The maximum Gasteiger partial charge on any atom is 0.232 e. The number of pyridine rings is 1. The van der Waals surface area contributed by atoms with Crippen molar-refractivity contribution < 1.29 is 4.79 Å². The first-order valence-electron chi connectivity index (χ1n) is 7.16. The average Bonchev–Trinajstić information content (AvgIpc) is 2.54. The van der Waals surface area contributed by atoms with Crippen LogP contribution in [0, 0.1) is 0 Å². The summed E-state index contributed by atoms with van der Waals surface area (Å²) in [5.74, 6) is 1.29. The molecule has 0 spiro atoms. The Morgan fingerprint density at radius 1 is 1.26 bits per heavy atom. The molecule has 1 aromatic heterocycles. The van der Waals surface area contributed by atoms with Gasteiger partial charge in [-0.2, -0.15) is 0 Å². The van der Waals surface area contributed by atoms with Crippen LogP contribution in [0.25, 0.3) is 0 Å². The van der Waals surface area contributed by atoms with Crippen LogP contribution in [-0.4, -0.2) is 28.6 Å². The lowest BCUT2D eigenvalue weighted by Gasteiger charge is -2.26. The summed E-state index contributed by atoms with van der Waals surface area (Å²) in [7, 11) is 1.80. The maximum absolute atomic E-state index is 12.3. The Kier molecular flexibility index (Phi) is 6.75. The molecule has 0 aliphatic rings. The van der Waals surface area contributed by atoms with Gasteiger partial charge in [0.15, 0.2) is 0 Å². The van der Waals surface area contributed by atoms with Crippen LogP contribution in [0.5, 0.6) is 0 Å². The molecule has 1 unspecified atom stereocenters. The van der Waals surface area contributed by atoms with E-state index in [1.54, 1.807) is 48.2 Å². The average molecular weight is 369 g/mol. The van der Waals surface area contributed by atoms with Crippen LogP contribution in [-0.2, 0) is 10.5 Å². The number of carbonyl (C=O) groups is 1. The lowest BCUT2D eigenvalue weighted by molar-refractivity contribution is -0.128. The molecule has 0 N–H and O–H groups in total. The van der Waals surface area contributed by atoms with Crippen molar-refractivity contribution in [3.63, 3.8) is 0 Å². The van der Waals surface area contributed by atoms with Gasteiger partial charge in [0.2, 0.25) is 5.91 Å². The number of hydrogen-bond donors (Lipinski definition) is 0. The molecule has 0 aliphatic carbocycles. The van der Waals surface area contributed by atoms with Gasteiger partial charge in [-0.3, -0.25) is 9.78 Å². The van der Waals surface area contributed by atoms with Gasteiger partial charge < -0.3 is 4.90 Å². The number of hydrogen-bond acceptors (Lipinski definition) is 3. The Morgan fingerprint density at radius 3 is 2.61 bits per heavy atom. The fraction of sp³-hybridized carbons (Fsp3) is 0.294. The van der Waals surface area contributed by atoms with Crippen LogP contribution >= 0.6 is 35.0 Å². The number of carbonyl (C=O) groups excluding carboxylic acids is 1. The number of benzene rings is 1. The van der Waals surface area contributed by atoms with Crippen LogP contribution < -0.4 is 0 Å². The van der Waals surface area contributed by atoms with Crippen molar-refractivity contribution in [2.75, 3.05) is 12.8 Å². The van der Waals surface area contributed by atoms with E-state index < -0.39 is 0 Å². The van der Waals surface area contributed by atoms with Crippen molar-refractivity contribution in [3.05, 3.63) is 63.9 Å². The fourth-order valence-electron chi connectivity index (χ4n) is 2.10. The molecule has 0 bridgehead atoms. The minimum absolute atomic E-state index is 0.0718. The van der Waals surface area contributed by atoms with Crippen LogP contribution in [0.1, 0.15) is 24.1 Å². The van der Waals surface area contributed by atoms with Crippen molar-refractivity contribution in [1.82, 2.24) is 9.88 Å². The van der Waals surface area contributed by atoms with Crippen molar-refractivity contribution in [3.8, 4) is 0 Å². The number of nitrogens with zero attached hydrogens (tertiary/aromatic N) is 2. The Bertz CT molecular complexity index is 667. The summed E-state index contributed by atoms with van der Waals surface area (Å²) in [4.78, 5) is 18.0. The molecule has 6 heteroatoms. The lowest BCUT2D eigenvalue weighted by atomic mass is 10.1. The van der Waals surface area contributed by atoms with E-state index in [9.17, 15) is 4.79 Å². The molecule has 3 nitrogen and oxygen atoms in total. The van der Waals surface area contributed by atoms with Gasteiger partial charge >= 0.3 is 0 Å². The van der Waals surface area contributed by atoms with E-state index >= 15 is 0 Å². The second-order valence-electron chi connectivity index (χ2n) is 5.19. The van der Waals surface area contributed by atoms with Gasteiger partial charge in [0.25, 0.3) is 0 Å². The molecule has 2 rings (SSSR count). The first-order chi connectivity index (χ1) is 11.0. The minimum atomic E-state index is -0.103. The first kappa shape index (κ1) is 18.1. The van der Waals surface area contributed by atoms with Crippen LogP contribution in [0.3, 0.4) is 0 Å². The standard InChI is InChI=1S/C17H18Cl2N2OS/c1-12(15-4-3-14(18)9-16(15)19)21(2)17(22)11-23-10-13-5-7-20-8-6-13/h3-9,12H,10-11H2,1-2H3. The summed E-state index contributed by atoms with van der Waals surface area (Å²) in [6.45, 7) is 1.96. The van der Waals surface area contributed by atoms with E-state index in [0.29, 0.717) is 15.8 Å². The molecule has 0 radical (unpaired) electrons. The zero-order chi connectivity index (χ0) is 16.8. The van der Waals surface area contributed by atoms with E-state index in [4.69, 9.17) is 23.2 Å². The maximum atomic E-state index is 12.3. The zero-order valence-electron chi connectivity index (χ0n) is 13.0. The first-order valence-corrected chi connectivity index (χ1v) is 9.07. The molecular weight excluding hydrogens is 351 g/mol. The molecule has 1 aromatic carbocycles. The second kappa shape index (κ2) is 8.57. The van der Waals surface area contributed by atoms with Gasteiger partial charge in [-0.25, -0.2) is 0 Å². The van der Waals surface area contributed by atoms with E-state index in [2.05, 4.69) is 4.98 Å². The number of aromatic nitrogens is 1. The smallest absolute Gasteiger partial charge is 0.232 e. The van der Waals surface area contributed by atoms with E-state index in [-0.39, 0.29) is 11.9 Å². The zero-order valence-corrected chi connectivity index (χ0v) is 15.3. The molecule has 0 saturated carbocycles. The minimum Gasteiger partial charge on any atom is -0.338 e. The number of amides is 1. The molecule has 23 heavy (non-hydrogen) atoms. The fourth-order valence-corrected chi connectivity index (χ4v) is 3.58. The van der Waals surface area contributed by atoms with Gasteiger partial charge in [0.1, 0.15) is 0 Å². The second-order valence-corrected chi connectivity index (χ2v) is 7.02.